The predicted octanol–water partition coefficient (Wildman–Crippen LogP) is 3.87. The summed E-state index contributed by atoms with van der Waals surface area (Å²) in [6.07, 6.45) is 0. The van der Waals surface area contributed by atoms with E-state index in [-0.39, 0.29) is 17.2 Å². The number of nitrogens with one attached hydrogen (secondary N) is 1. The normalized spacial score (nSPS) is 10.8. The van der Waals surface area contributed by atoms with Crippen LogP contribution in [0, 0.1) is 13.8 Å². The Bertz CT molecular complexity index is 839. The maximum absolute atomic E-state index is 12.2. The molecule has 1 amide bonds. The van der Waals surface area contributed by atoms with Gasteiger partial charge in [-0.05, 0) is 43.7 Å². The van der Waals surface area contributed by atoms with Crippen LogP contribution in [0.15, 0.2) is 36.4 Å². The van der Waals surface area contributed by atoms with Crippen LogP contribution in [0.5, 0.6) is 5.75 Å². The first kappa shape index (κ1) is 13.6. The number of aromatic nitrogens is 1. The second kappa shape index (κ2) is 5.18. The third-order valence-corrected chi connectivity index (χ3v) is 4.09. The van der Waals surface area contributed by atoms with Gasteiger partial charge in [-0.15, -0.1) is 0 Å². The number of nitrogens with zero attached hydrogens (tertiary/aromatic N) is 1. The number of carbonyl (C=O) groups excluding carboxylic acids is 1. The standard InChI is InChI=1S/C16H14N2O2S/c1-9-4-6-13(19)11(7-9)15(20)18-16-17-12-5-3-10(2)8-14(12)21-16/h3-8,19H,1-2H3,(H,17,18,20). The summed E-state index contributed by atoms with van der Waals surface area (Å²) in [4.78, 5) is 16.6. The molecule has 0 atom stereocenters. The van der Waals surface area contributed by atoms with Gasteiger partial charge >= 0.3 is 0 Å². The molecule has 0 spiro atoms. The van der Waals surface area contributed by atoms with E-state index in [2.05, 4.69) is 10.3 Å². The molecule has 4 nitrogen and oxygen atoms in total. The zero-order valence-electron chi connectivity index (χ0n) is 11.7. The first-order valence-corrected chi connectivity index (χ1v) is 7.33. The van der Waals surface area contributed by atoms with E-state index in [1.807, 2.05) is 32.0 Å². The average molecular weight is 298 g/mol. The second-order valence-electron chi connectivity index (χ2n) is 4.96. The van der Waals surface area contributed by atoms with Gasteiger partial charge in [0.2, 0.25) is 0 Å². The van der Waals surface area contributed by atoms with Crippen LogP contribution in [0.25, 0.3) is 10.2 Å². The summed E-state index contributed by atoms with van der Waals surface area (Å²) in [7, 11) is 0. The summed E-state index contributed by atoms with van der Waals surface area (Å²) >= 11 is 1.42. The van der Waals surface area contributed by atoms with Gasteiger partial charge < -0.3 is 5.11 Å². The largest absolute Gasteiger partial charge is 0.507 e. The van der Waals surface area contributed by atoms with Crippen molar-refractivity contribution in [1.82, 2.24) is 4.98 Å². The molecule has 3 rings (SSSR count). The number of phenolic OH excluding ortho intramolecular Hbond substituents is 1. The van der Waals surface area contributed by atoms with E-state index in [1.54, 1.807) is 12.1 Å². The molecule has 0 unspecified atom stereocenters. The fraction of sp³-hybridized carbons (Fsp3) is 0.125. The van der Waals surface area contributed by atoms with Crippen molar-refractivity contribution in [1.29, 1.82) is 0 Å². The molecule has 1 heterocycles. The average Bonchev–Trinajstić information content (AvgIpc) is 2.82. The highest BCUT2D eigenvalue weighted by Gasteiger charge is 2.13. The third-order valence-electron chi connectivity index (χ3n) is 3.16. The van der Waals surface area contributed by atoms with Crippen LogP contribution in [0.2, 0.25) is 0 Å². The van der Waals surface area contributed by atoms with Gasteiger partial charge in [0.15, 0.2) is 5.13 Å². The van der Waals surface area contributed by atoms with E-state index in [0.717, 1.165) is 21.3 Å². The summed E-state index contributed by atoms with van der Waals surface area (Å²) in [6.45, 7) is 3.89. The Balaban J connectivity index is 1.90. The SMILES string of the molecule is Cc1ccc(O)c(C(=O)Nc2nc3ccc(C)cc3s2)c1. The van der Waals surface area contributed by atoms with Crippen LogP contribution in [-0.2, 0) is 0 Å². The Morgan fingerprint density at radius 1 is 1.14 bits per heavy atom. The lowest BCUT2D eigenvalue weighted by atomic mass is 10.1. The maximum Gasteiger partial charge on any atom is 0.261 e. The van der Waals surface area contributed by atoms with Gasteiger partial charge in [0, 0.05) is 0 Å². The zero-order valence-corrected chi connectivity index (χ0v) is 12.5. The molecule has 3 aromatic rings. The Kier molecular flexibility index (Phi) is 3.35. The molecule has 21 heavy (non-hydrogen) atoms. The van der Waals surface area contributed by atoms with Gasteiger partial charge in [0.05, 0.1) is 15.8 Å². The van der Waals surface area contributed by atoms with Crippen molar-refractivity contribution < 1.29 is 9.90 Å². The maximum atomic E-state index is 12.2. The number of aromatic hydroxyl groups is 1. The molecular formula is C16H14N2O2S. The van der Waals surface area contributed by atoms with Crippen molar-refractivity contribution >= 4 is 32.6 Å². The van der Waals surface area contributed by atoms with Crippen molar-refractivity contribution in [2.75, 3.05) is 5.32 Å². The number of rotatable bonds is 2. The summed E-state index contributed by atoms with van der Waals surface area (Å²) in [6, 6.07) is 10.9. The van der Waals surface area contributed by atoms with E-state index in [0.29, 0.717) is 5.13 Å². The summed E-state index contributed by atoms with van der Waals surface area (Å²) in [5, 5.41) is 13.1. The van der Waals surface area contributed by atoms with Crippen LogP contribution in [-0.4, -0.2) is 16.0 Å². The minimum absolute atomic E-state index is 0.0324. The first-order chi connectivity index (χ1) is 10.0. The number of fused-ring (bicyclic) bond motifs is 1. The number of hydrogen-bond acceptors (Lipinski definition) is 4. The minimum atomic E-state index is -0.355. The number of hydrogen-bond donors (Lipinski definition) is 2. The van der Waals surface area contributed by atoms with E-state index >= 15 is 0 Å². The quantitative estimate of drug-likeness (QED) is 0.755. The van der Waals surface area contributed by atoms with Crippen molar-refractivity contribution in [3.63, 3.8) is 0 Å². The van der Waals surface area contributed by atoms with Crippen molar-refractivity contribution in [3.05, 3.63) is 53.1 Å². The first-order valence-electron chi connectivity index (χ1n) is 6.51. The topological polar surface area (TPSA) is 62.2 Å². The molecule has 106 valence electrons. The number of aryl methyl sites for hydroxylation is 2. The van der Waals surface area contributed by atoms with Crippen molar-refractivity contribution in [3.8, 4) is 5.75 Å². The Morgan fingerprint density at radius 3 is 2.67 bits per heavy atom. The number of anilines is 1. The zero-order chi connectivity index (χ0) is 15.0. The number of amides is 1. The molecule has 5 heteroatoms. The number of carbonyl (C=O) groups is 1. The number of benzene rings is 2. The Hall–Kier alpha value is -2.40. The smallest absolute Gasteiger partial charge is 0.261 e. The molecule has 0 radical (unpaired) electrons. The third kappa shape index (κ3) is 2.73. The van der Waals surface area contributed by atoms with E-state index in [1.165, 1.54) is 17.4 Å². The van der Waals surface area contributed by atoms with Crippen LogP contribution in [0.1, 0.15) is 21.5 Å². The molecule has 0 saturated heterocycles. The highest BCUT2D eigenvalue weighted by molar-refractivity contribution is 7.22. The monoisotopic (exact) mass is 298 g/mol. The predicted molar refractivity (Wildman–Crippen MR) is 85.2 cm³/mol. The molecule has 1 aromatic heterocycles. The van der Waals surface area contributed by atoms with Crippen molar-refractivity contribution in [2.45, 2.75) is 13.8 Å². The summed E-state index contributed by atoms with van der Waals surface area (Å²) in [5.74, 6) is -0.387. The molecule has 0 aliphatic carbocycles. The Morgan fingerprint density at radius 2 is 1.86 bits per heavy atom. The lowest BCUT2D eigenvalue weighted by Crippen LogP contribution is -2.12. The number of phenols is 1. The lowest BCUT2D eigenvalue weighted by molar-refractivity contribution is 0.102. The fourth-order valence-corrected chi connectivity index (χ4v) is 3.04. The van der Waals surface area contributed by atoms with Gasteiger partial charge in [-0.2, -0.15) is 0 Å². The molecule has 0 bridgehead atoms. The molecule has 2 N–H and O–H groups in total. The Labute approximate surface area is 126 Å². The van der Waals surface area contributed by atoms with E-state index in [4.69, 9.17) is 0 Å². The highest BCUT2D eigenvalue weighted by atomic mass is 32.1. The van der Waals surface area contributed by atoms with Gasteiger partial charge in [0.1, 0.15) is 5.75 Å². The molecule has 2 aromatic carbocycles. The van der Waals surface area contributed by atoms with Crippen LogP contribution in [0.4, 0.5) is 5.13 Å². The minimum Gasteiger partial charge on any atom is -0.507 e. The summed E-state index contributed by atoms with van der Waals surface area (Å²) < 4.78 is 1.03. The second-order valence-corrected chi connectivity index (χ2v) is 6.00. The van der Waals surface area contributed by atoms with Crippen molar-refractivity contribution in [2.24, 2.45) is 0 Å². The van der Waals surface area contributed by atoms with Gasteiger partial charge in [-0.1, -0.05) is 29.0 Å². The van der Waals surface area contributed by atoms with E-state index in [9.17, 15) is 9.90 Å². The van der Waals surface area contributed by atoms with Gasteiger partial charge in [-0.25, -0.2) is 4.98 Å². The molecule has 0 aliphatic rings. The highest BCUT2D eigenvalue weighted by Crippen LogP contribution is 2.28. The molecular weight excluding hydrogens is 284 g/mol. The molecule has 0 saturated carbocycles. The van der Waals surface area contributed by atoms with Crippen LogP contribution >= 0.6 is 11.3 Å². The molecule has 0 aliphatic heterocycles. The lowest BCUT2D eigenvalue weighted by Gasteiger charge is -2.05. The number of thiazole rings is 1. The van der Waals surface area contributed by atoms with Gasteiger partial charge in [0.25, 0.3) is 5.91 Å². The fourth-order valence-electron chi connectivity index (χ4n) is 2.08. The molecule has 0 fully saturated rings. The van der Waals surface area contributed by atoms with Crippen LogP contribution in [0.3, 0.4) is 0 Å². The van der Waals surface area contributed by atoms with Gasteiger partial charge in [-0.3, -0.25) is 10.1 Å². The van der Waals surface area contributed by atoms with Crippen LogP contribution < -0.4 is 5.32 Å². The van der Waals surface area contributed by atoms with E-state index < -0.39 is 0 Å². The summed E-state index contributed by atoms with van der Waals surface area (Å²) in [5.41, 5.74) is 3.18.